The maximum Gasteiger partial charge on any atom is 0.320 e. The second kappa shape index (κ2) is 6.56. The van der Waals surface area contributed by atoms with Crippen molar-refractivity contribution < 1.29 is 14.3 Å². The standard InChI is InChI=1S/C16H19N5O2S/c1-4-5-10-6-7-11-13(17)14(24-16(11)18-10)15(22)19-12-8-21(9(2)3)20-23-12/h6-9H,4-5H2,1-3H3,(H2-,17,19,20,22). The van der Waals surface area contributed by atoms with E-state index >= 15 is 0 Å². The summed E-state index contributed by atoms with van der Waals surface area (Å²) < 4.78 is 6.65. The van der Waals surface area contributed by atoms with Crippen LogP contribution in [-0.4, -0.2) is 16.2 Å². The number of nitrogen functional groups attached to an aromatic ring is 1. The number of nitrogens with zero attached hydrogens (tertiary/aromatic N) is 4. The Hall–Kier alpha value is -2.48. The van der Waals surface area contributed by atoms with Crippen molar-refractivity contribution in [3.8, 4) is 0 Å². The number of aliphatic imine (C=N–C) groups is 1. The van der Waals surface area contributed by atoms with E-state index < -0.39 is 5.90 Å². The van der Waals surface area contributed by atoms with E-state index in [-0.39, 0.29) is 11.9 Å². The Bertz CT molecular complexity index is 897. The molecule has 8 heteroatoms. The number of fused-ring (bicyclic) bond motifs is 1. The largest absolute Gasteiger partial charge is 0.857 e. The van der Waals surface area contributed by atoms with E-state index in [2.05, 4.69) is 22.2 Å². The first-order chi connectivity index (χ1) is 11.5. The molecule has 3 aromatic heterocycles. The first-order valence-corrected chi connectivity index (χ1v) is 8.63. The molecule has 2 N–H and O–H groups in total. The molecule has 0 atom stereocenters. The topological polar surface area (TPSA) is 104 Å². The predicted molar refractivity (Wildman–Crippen MR) is 91.3 cm³/mol. The molecule has 0 amide bonds. The summed E-state index contributed by atoms with van der Waals surface area (Å²) in [5.74, 6) is -0.287. The first kappa shape index (κ1) is 16.4. The lowest BCUT2D eigenvalue weighted by atomic mass is 10.2. The molecule has 0 saturated heterocycles. The van der Waals surface area contributed by atoms with Gasteiger partial charge in [-0.15, -0.1) is 11.3 Å². The smallest absolute Gasteiger partial charge is 0.320 e. The van der Waals surface area contributed by atoms with Crippen molar-refractivity contribution in [2.45, 2.75) is 39.7 Å². The van der Waals surface area contributed by atoms with Crippen LogP contribution in [0.5, 0.6) is 0 Å². The molecule has 0 saturated carbocycles. The number of hydrogen-bond acceptors (Lipinski definition) is 7. The summed E-state index contributed by atoms with van der Waals surface area (Å²) in [6, 6.07) is 3.99. The van der Waals surface area contributed by atoms with Crippen molar-refractivity contribution in [1.82, 2.24) is 10.3 Å². The molecule has 0 bridgehead atoms. The Morgan fingerprint density at radius 1 is 1.46 bits per heavy atom. The molecule has 0 radical (unpaired) electrons. The van der Waals surface area contributed by atoms with Gasteiger partial charge in [-0.3, -0.25) is 4.52 Å². The van der Waals surface area contributed by atoms with Crippen molar-refractivity contribution in [2.24, 2.45) is 4.99 Å². The van der Waals surface area contributed by atoms with Gasteiger partial charge in [0, 0.05) is 17.0 Å². The molecule has 0 spiro atoms. The van der Waals surface area contributed by atoms with Crippen LogP contribution in [0.4, 0.5) is 11.6 Å². The molecule has 0 aromatic carbocycles. The Kier molecular flexibility index (Phi) is 4.48. The van der Waals surface area contributed by atoms with E-state index in [1.54, 1.807) is 10.9 Å². The van der Waals surface area contributed by atoms with Gasteiger partial charge in [-0.05, 0) is 37.1 Å². The predicted octanol–water partition coefficient (Wildman–Crippen LogP) is 2.13. The average Bonchev–Trinajstić information content (AvgIpc) is 3.13. The van der Waals surface area contributed by atoms with Crippen LogP contribution in [-0.2, 0) is 6.42 Å². The molecule has 3 rings (SSSR count). The summed E-state index contributed by atoms with van der Waals surface area (Å²) in [4.78, 5) is 9.66. The summed E-state index contributed by atoms with van der Waals surface area (Å²) in [7, 11) is 0. The number of pyridine rings is 1. The minimum absolute atomic E-state index is 0.128. The van der Waals surface area contributed by atoms with E-state index in [1.165, 1.54) is 11.3 Å². The van der Waals surface area contributed by atoms with E-state index in [0.717, 1.165) is 28.8 Å². The normalized spacial score (nSPS) is 12.4. The van der Waals surface area contributed by atoms with Crippen LogP contribution in [0.25, 0.3) is 10.2 Å². The fraction of sp³-hybridized carbons (Fsp3) is 0.375. The summed E-state index contributed by atoms with van der Waals surface area (Å²) in [6.45, 7) is 6.01. The lowest BCUT2D eigenvalue weighted by molar-refractivity contribution is -0.779. The lowest BCUT2D eigenvalue weighted by Crippen LogP contribution is -2.36. The van der Waals surface area contributed by atoms with Crippen LogP contribution < -0.4 is 15.5 Å². The molecular formula is C16H19N5O2S. The molecule has 0 aliphatic carbocycles. The van der Waals surface area contributed by atoms with Gasteiger partial charge < -0.3 is 10.8 Å². The van der Waals surface area contributed by atoms with Crippen molar-refractivity contribution in [3.63, 3.8) is 0 Å². The molecule has 0 aliphatic heterocycles. The number of aromatic nitrogens is 3. The van der Waals surface area contributed by atoms with Gasteiger partial charge in [-0.25, -0.2) is 9.98 Å². The molecule has 126 valence electrons. The monoisotopic (exact) mass is 345 g/mol. The van der Waals surface area contributed by atoms with Gasteiger partial charge in [0.1, 0.15) is 4.83 Å². The van der Waals surface area contributed by atoms with Crippen molar-refractivity contribution >= 4 is 39.0 Å². The van der Waals surface area contributed by atoms with Crippen LogP contribution in [0.1, 0.15) is 43.8 Å². The highest BCUT2D eigenvalue weighted by atomic mass is 32.1. The number of rotatable bonds is 5. The van der Waals surface area contributed by atoms with Crippen LogP contribution in [0, 0.1) is 0 Å². The van der Waals surface area contributed by atoms with Crippen molar-refractivity contribution in [1.29, 1.82) is 0 Å². The highest BCUT2D eigenvalue weighted by Gasteiger charge is 2.16. The zero-order valence-corrected chi connectivity index (χ0v) is 14.6. The lowest BCUT2D eigenvalue weighted by Gasteiger charge is -2.06. The summed E-state index contributed by atoms with van der Waals surface area (Å²) >= 11 is 1.26. The number of anilines is 1. The number of thiophene rings is 1. The van der Waals surface area contributed by atoms with Crippen LogP contribution in [0.15, 0.2) is 27.8 Å². The SMILES string of the molecule is CCCc1ccc2c(N)c(/C([O-])=N/c3c[n+](C(C)C)no3)sc2n1. The third kappa shape index (κ3) is 3.09. The molecular weight excluding hydrogens is 326 g/mol. The van der Waals surface area contributed by atoms with Gasteiger partial charge in [0.15, 0.2) is 6.04 Å². The molecule has 3 aromatic rings. The first-order valence-electron chi connectivity index (χ1n) is 7.81. The Morgan fingerprint density at radius 2 is 2.25 bits per heavy atom. The van der Waals surface area contributed by atoms with E-state index in [9.17, 15) is 5.11 Å². The summed E-state index contributed by atoms with van der Waals surface area (Å²) in [5.41, 5.74) is 7.52. The van der Waals surface area contributed by atoms with Gasteiger partial charge in [0.05, 0.1) is 10.6 Å². The molecule has 3 heterocycles. The van der Waals surface area contributed by atoms with Crippen LogP contribution >= 0.6 is 11.3 Å². The molecule has 0 fully saturated rings. The fourth-order valence-corrected chi connectivity index (χ4v) is 3.28. The molecule has 0 unspecified atom stereocenters. The second-order valence-corrected chi connectivity index (χ2v) is 6.78. The van der Waals surface area contributed by atoms with E-state index in [0.29, 0.717) is 10.6 Å². The fourth-order valence-electron chi connectivity index (χ4n) is 2.28. The molecule has 7 nitrogen and oxygen atoms in total. The highest BCUT2D eigenvalue weighted by Crippen LogP contribution is 2.33. The zero-order valence-electron chi connectivity index (χ0n) is 13.8. The summed E-state index contributed by atoms with van der Waals surface area (Å²) in [5, 5.41) is 17.0. The maximum atomic E-state index is 12.4. The minimum Gasteiger partial charge on any atom is -0.857 e. The average molecular weight is 345 g/mol. The van der Waals surface area contributed by atoms with Crippen LogP contribution in [0.3, 0.4) is 0 Å². The second-order valence-electron chi connectivity index (χ2n) is 5.78. The number of nitrogens with two attached hydrogens (primary N) is 1. The molecule has 0 aliphatic rings. The van der Waals surface area contributed by atoms with Gasteiger partial charge in [-0.1, -0.05) is 13.3 Å². The van der Waals surface area contributed by atoms with Gasteiger partial charge in [0.25, 0.3) is 6.20 Å². The quantitative estimate of drug-likeness (QED) is 0.433. The van der Waals surface area contributed by atoms with Crippen molar-refractivity contribution in [2.75, 3.05) is 5.73 Å². The number of hydrogen-bond donors (Lipinski definition) is 1. The zero-order chi connectivity index (χ0) is 17.3. The third-order valence-corrected chi connectivity index (χ3v) is 4.67. The highest BCUT2D eigenvalue weighted by molar-refractivity contribution is 7.21. The van der Waals surface area contributed by atoms with Gasteiger partial charge in [-0.2, -0.15) is 0 Å². The van der Waals surface area contributed by atoms with Gasteiger partial charge in [0.2, 0.25) is 5.27 Å². The number of aryl methyl sites for hydroxylation is 1. The van der Waals surface area contributed by atoms with E-state index in [1.807, 2.05) is 26.0 Å². The molecule has 24 heavy (non-hydrogen) atoms. The summed E-state index contributed by atoms with van der Waals surface area (Å²) in [6.07, 6.45) is 3.50. The van der Waals surface area contributed by atoms with Crippen LogP contribution in [0.2, 0.25) is 0 Å². The van der Waals surface area contributed by atoms with E-state index in [4.69, 9.17) is 10.3 Å². The maximum absolute atomic E-state index is 12.4. The van der Waals surface area contributed by atoms with Gasteiger partial charge >= 0.3 is 5.88 Å². The Morgan fingerprint density at radius 3 is 2.92 bits per heavy atom. The van der Waals surface area contributed by atoms with Crippen molar-refractivity contribution in [3.05, 3.63) is 28.9 Å². The third-order valence-electron chi connectivity index (χ3n) is 3.56. The Labute approximate surface area is 143 Å². The Balaban J connectivity index is 1.97. The minimum atomic E-state index is -0.445.